The lowest BCUT2D eigenvalue weighted by Crippen LogP contribution is -2.46. The Balaban J connectivity index is 4.55. The summed E-state index contributed by atoms with van der Waals surface area (Å²) in [7, 11) is 0. The van der Waals surface area contributed by atoms with Crippen LogP contribution in [0, 0.1) is 0 Å². The third kappa shape index (κ3) is 42.8. The molecule has 0 aliphatic carbocycles. The van der Waals surface area contributed by atoms with Crippen molar-refractivity contribution in [2.24, 2.45) is 0 Å². The van der Waals surface area contributed by atoms with Gasteiger partial charge >= 0.3 is 5.97 Å². The molecule has 0 saturated carbocycles. The number of carbonyl (C=O) groups excluding carboxylic acids is 2. The molecule has 0 aliphatic heterocycles. The van der Waals surface area contributed by atoms with Gasteiger partial charge in [0.2, 0.25) is 5.91 Å². The van der Waals surface area contributed by atoms with E-state index in [9.17, 15) is 19.8 Å². The molecule has 0 aromatic rings. The van der Waals surface area contributed by atoms with E-state index >= 15 is 0 Å². The van der Waals surface area contributed by atoms with Crippen LogP contribution in [0.25, 0.3) is 0 Å². The van der Waals surface area contributed by atoms with Crippen LogP contribution in [0.4, 0.5) is 0 Å². The Labute approximate surface area is 367 Å². The Morgan fingerprint density at radius 1 is 0.475 bits per heavy atom. The summed E-state index contributed by atoms with van der Waals surface area (Å²) in [5.41, 5.74) is 0. The molecule has 0 aromatic heterocycles. The molecule has 0 radical (unpaired) electrons. The number of ether oxygens (including phenoxy) is 1. The van der Waals surface area contributed by atoms with Gasteiger partial charge in [0.15, 0.2) is 0 Å². The van der Waals surface area contributed by atoms with Crippen LogP contribution in [-0.2, 0) is 14.3 Å². The van der Waals surface area contributed by atoms with Crippen molar-refractivity contribution < 1.29 is 24.5 Å². The quantitative estimate of drug-likeness (QED) is 0.0322. The first kappa shape index (κ1) is 57.3. The second kappa shape index (κ2) is 47.4. The predicted molar refractivity (Wildman–Crippen MR) is 255 cm³/mol. The van der Waals surface area contributed by atoms with E-state index in [1.54, 1.807) is 0 Å². The topological polar surface area (TPSA) is 95.9 Å². The van der Waals surface area contributed by atoms with Gasteiger partial charge in [-0.25, -0.2) is 0 Å². The van der Waals surface area contributed by atoms with E-state index in [0.717, 1.165) is 64.2 Å². The second-order valence-electron chi connectivity index (χ2n) is 17.9. The monoisotopic (exact) mass is 832 g/mol. The zero-order valence-corrected chi connectivity index (χ0v) is 39.7. The van der Waals surface area contributed by atoms with Crippen molar-refractivity contribution in [2.45, 2.75) is 296 Å². The molecule has 0 aromatic carbocycles. The molecule has 3 N–H and O–H groups in total. The number of rotatable bonds is 47. The van der Waals surface area contributed by atoms with Crippen LogP contribution in [0.15, 0.2) is 24.3 Å². The summed E-state index contributed by atoms with van der Waals surface area (Å²) in [6, 6.07) is -0.708. The number of esters is 1. The van der Waals surface area contributed by atoms with Crippen LogP contribution in [0.5, 0.6) is 0 Å². The Hall–Kier alpha value is -1.66. The number of aliphatic hydroxyl groups is 2. The van der Waals surface area contributed by atoms with Crippen LogP contribution in [0.3, 0.4) is 0 Å². The van der Waals surface area contributed by atoms with Crippen LogP contribution in [0.2, 0.25) is 0 Å². The SMILES string of the molecule is CCCCCCCC/C=C\CCCCCC(=O)OC(CCC/C=C\CCCCCCCCC)CC(=O)NC(CO)C(O)CCCCCCCCCCCCCCCCC. The Kier molecular flexibility index (Phi) is 46.1. The fourth-order valence-electron chi connectivity index (χ4n) is 8.01. The standard InChI is InChI=1S/C53H101NO5/c1-4-7-10-13-16-19-22-25-26-28-30-33-36-39-42-45-51(56)50(48-55)54-52(57)47-49(44-41-38-35-32-29-24-21-18-15-12-9-6-3)59-53(58)46-43-40-37-34-31-27-23-20-17-14-11-8-5-2/h27,31-32,35,49-51,55-56H,4-26,28-30,33-34,36-48H2,1-3H3,(H,54,57)/b31-27-,35-32-. The Morgan fingerprint density at radius 3 is 1.24 bits per heavy atom. The molecule has 0 rings (SSSR count). The van der Waals surface area contributed by atoms with Gasteiger partial charge in [0.05, 0.1) is 25.2 Å². The van der Waals surface area contributed by atoms with Gasteiger partial charge in [0.1, 0.15) is 6.10 Å². The molecule has 0 saturated heterocycles. The van der Waals surface area contributed by atoms with Crippen LogP contribution in [-0.4, -0.2) is 46.9 Å². The van der Waals surface area contributed by atoms with E-state index in [4.69, 9.17) is 4.74 Å². The van der Waals surface area contributed by atoms with Crippen molar-refractivity contribution in [3.05, 3.63) is 24.3 Å². The van der Waals surface area contributed by atoms with Crippen LogP contribution in [0.1, 0.15) is 278 Å². The lowest BCUT2D eigenvalue weighted by molar-refractivity contribution is -0.151. The molecule has 6 heteroatoms. The molecular formula is C53H101NO5. The van der Waals surface area contributed by atoms with E-state index in [-0.39, 0.29) is 24.9 Å². The predicted octanol–water partition coefficient (Wildman–Crippen LogP) is 15.5. The highest BCUT2D eigenvalue weighted by Gasteiger charge is 2.24. The maximum Gasteiger partial charge on any atom is 0.306 e. The number of amides is 1. The number of allylic oxidation sites excluding steroid dienone is 4. The van der Waals surface area contributed by atoms with Crippen molar-refractivity contribution in [3.63, 3.8) is 0 Å². The summed E-state index contributed by atoms with van der Waals surface area (Å²) in [6.07, 6.45) is 53.8. The molecule has 348 valence electrons. The minimum absolute atomic E-state index is 0.0546. The van der Waals surface area contributed by atoms with E-state index < -0.39 is 18.2 Å². The molecule has 0 bridgehead atoms. The summed E-state index contributed by atoms with van der Waals surface area (Å²) >= 11 is 0. The maximum absolute atomic E-state index is 13.2. The Morgan fingerprint density at radius 2 is 0.831 bits per heavy atom. The van der Waals surface area contributed by atoms with Crippen molar-refractivity contribution in [1.29, 1.82) is 0 Å². The highest BCUT2D eigenvalue weighted by molar-refractivity contribution is 5.77. The zero-order valence-electron chi connectivity index (χ0n) is 39.7. The maximum atomic E-state index is 13.2. The number of unbranched alkanes of at least 4 members (excludes halogenated alkanes) is 31. The van der Waals surface area contributed by atoms with Crippen LogP contribution < -0.4 is 5.32 Å². The van der Waals surface area contributed by atoms with Gasteiger partial charge in [-0.2, -0.15) is 0 Å². The molecule has 0 aliphatic rings. The number of carbonyl (C=O) groups is 2. The first-order valence-corrected chi connectivity index (χ1v) is 26.1. The molecule has 59 heavy (non-hydrogen) atoms. The highest BCUT2D eigenvalue weighted by Crippen LogP contribution is 2.17. The fourth-order valence-corrected chi connectivity index (χ4v) is 8.01. The van der Waals surface area contributed by atoms with Gasteiger partial charge in [-0.3, -0.25) is 9.59 Å². The summed E-state index contributed by atoms with van der Waals surface area (Å²) in [6.45, 7) is 6.47. The van der Waals surface area contributed by atoms with Crippen LogP contribution >= 0.6 is 0 Å². The zero-order chi connectivity index (χ0) is 43.1. The Bertz CT molecular complexity index is 935. The average molecular weight is 832 g/mol. The van der Waals surface area contributed by atoms with Crippen molar-refractivity contribution >= 4 is 11.9 Å². The first-order chi connectivity index (χ1) is 29.0. The van der Waals surface area contributed by atoms with Gasteiger partial charge in [-0.05, 0) is 70.6 Å². The van der Waals surface area contributed by atoms with E-state index in [2.05, 4.69) is 50.4 Å². The molecule has 0 heterocycles. The molecule has 3 atom stereocenters. The van der Waals surface area contributed by atoms with E-state index in [1.165, 1.54) is 167 Å². The highest BCUT2D eigenvalue weighted by atomic mass is 16.5. The third-order valence-electron chi connectivity index (χ3n) is 12.0. The van der Waals surface area contributed by atoms with Gasteiger partial charge < -0.3 is 20.3 Å². The normalized spacial score (nSPS) is 13.4. The van der Waals surface area contributed by atoms with Gasteiger partial charge in [-0.15, -0.1) is 0 Å². The first-order valence-electron chi connectivity index (χ1n) is 26.1. The second-order valence-corrected chi connectivity index (χ2v) is 17.9. The molecule has 0 spiro atoms. The number of hydrogen-bond acceptors (Lipinski definition) is 5. The van der Waals surface area contributed by atoms with Gasteiger partial charge in [0, 0.05) is 6.42 Å². The van der Waals surface area contributed by atoms with Gasteiger partial charge in [-0.1, -0.05) is 218 Å². The lowest BCUT2D eigenvalue weighted by Gasteiger charge is -2.24. The molecule has 3 unspecified atom stereocenters. The molecule has 6 nitrogen and oxygen atoms in total. The minimum atomic E-state index is -0.793. The summed E-state index contributed by atoms with van der Waals surface area (Å²) in [4.78, 5) is 26.1. The fraction of sp³-hybridized carbons (Fsp3) is 0.887. The lowest BCUT2D eigenvalue weighted by atomic mass is 10.0. The van der Waals surface area contributed by atoms with Crippen molar-refractivity contribution in [2.75, 3.05) is 6.61 Å². The van der Waals surface area contributed by atoms with E-state index in [0.29, 0.717) is 19.3 Å². The third-order valence-corrected chi connectivity index (χ3v) is 12.0. The van der Waals surface area contributed by atoms with E-state index in [1.807, 2.05) is 0 Å². The number of nitrogens with one attached hydrogen (secondary N) is 1. The van der Waals surface area contributed by atoms with Gasteiger partial charge in [0.25, 0.3) is 0 Å². The number of hydrogen-bond donors (Lipinski definition) is 3. The average Bonchev–Trinajstić information content (AvgIpc) is 3.23. The minimum Gasteiger partial charge on any atom is -0.462 e. The summed E-state index contributed by atoms with van der Waals surface area (Å²) in [5.74, 6) is -0.512. The summed E-state index contributed by atoms with van der Waals surface area (Å²) in [5, 5.41) is 23.8. The molecule has 1 amide bonds. The molecular weight excluding hydrogens is 731 g/mol. The van der Waals surface area contributed by atoms with Crippen molar-refractivity contribution in [1.82, 2.24) is 5.32 Å². The van der Waals surface area contributed by atoms with Crippen molar-refractivity contribution in [3.8, 4) is 0 Å². The number of aliphatic hydroxyl groups excluding tert-OH is 2. The largest absolute Gasteiger partial charge is 0.462 e. The smallest absolute Gasteiger partial charge is 0.306 e. The molecule has 0 fully saturated rings. The summed E-state index contributed by atoms with van der Waals surface area (Å²) < 4.78 is 5.90.